The van der Waals surface area contributed by atoms with Gasteiger partial charge in [-0.25, -0.2) is 17.6 Å². The van der Waals surface area contributed by atoms with E-state index in [1.807, 2.05) is 26.0 Å². The second-order valence-electron chi connectivity index (χ2n) is 9.90. The lowest BCUT2D eigenvalue weighted by molar-refractivity contribution is 0.170. The highest BCUT2D eigenvalue weighted by Crippen LogP contribution is 2.43. The number of nitrogens with zero attached hydrogens (tertiary/aromatic N) is 2. The van der Waals surface area contributed by atoms with Crippen LogP contribution in [0.5, 0.6) is 11.5 Å². The molecule has 10 heteroatoms. The standard InChI is InChI=1S/C29H33BrFN3O4S/c1-5-33(6-2)39(36,37)22-15-16-27(38-21-13-11-20(30)12-14-21)26(19-22)32-28(35)34-18-17-24(29(34,3)4)23-9-7-8-10-25(23)31/h7-16,19,24H,5-6,17-18H2,1-4H3,(H,32,35). The highest BCUT2D eigenvalue weighted by atomic mass is 79.9. The maximum absolute atomic E-state index is 14.6. The van der Waals surface area contributed by atoms with Gasteiger partial charge in [-0.2, -0.15) is 4.31 Å². The van der Waals surface area contributed by atoms with Crippen molar-refractivity contribution in [1.82, 2.24) is 9.21 Å². The van der Waals surface area contributed by atoms with Crippen molar-refractivity contribution in [1.29, 1.82) is 0 Å². The summed E-state index contributed by atoms with van der Waals surface area (Å²) in [5.41, 5.74) is 0.106. The molecule has 208 valence electrons. The number of hydrogen-bond donors (Lipinski definition) is 1. The van der Waals surface area contributed by atoms with Crippen molar-refractivity contribution in [3.05, 3.63) is 82.6 Å². The fraction of sp³-hybridized carbons (Fsp3) is 0.345. The number of hydrogen-bond acceptors (Lipinski definition) is 4. The average molecular weight is 619 g/mol. The number of rotatable bonds is 8. The Balaban J connectivity index is 1.68. The van der Waals surface area contributed by atoms with Gasteiger partial charge in [0, 0.05) is 35.6 Å². The van der Waals surface area contributed by atoms with Crippen LogP contribution in [0.25, 0.3) is 0 Å². The summed E-state index contributed by atoms with van der Waals surface area (Å²) in [6, 6.07) is 17.8. The molecule has 1 heterocycles. The molecule has 7 nitrogen and oxygen atoms in total. The van der Waals surface area contributed by atoms with Crippen LogP contribution in [0.3, 0.4) is 0 Å². The Morgan fingerprint density at radius 1 is 1.10 bits per heavy atom. The van der Waals surface area contributed by atoms with Gasteiger partial charge in [0.1, 0.15) is 11.6 Å². The van der Waals surface area contributed by atoms with Gasteiger partial charge in [-0.15, -0.1) is 0 Å². The van der Waals surface area contributed by atoms with Crippen molar-refractivity contribution in [3.8, 4) is 11.5 Å². The first kappa shape index (κ1) is 29.0. The number of benzene rings is 3. The van der Waals surface area contributed by atoms with Crippen molar-refractivity contribution in [3.63, 3.8) is 0 Å². The molecule has 1 N–H and O–H groups in total. The summed E-state index contributed by atoms with van der Waals surface area (Å²) in [5, 5.41) is 2.89. The predicted octanol–water partition coefficient (Wildman–Crippen LogP) is 7.21. The van der Waals surface area contributed by atoms with Gasteiger partial charge in [0.2, 0.25) is 10.0 Å². The Labute approximate surface area is 238 Å². The molecule has 1 aliphatic rings. The second-order valence-corrected chi connectivity index (χ2v) is 12.8. The van der Waals surface area contributed by atoms with Crippen molar-refractivity contribution >= 4 is 37.7 Å². The Kier molecular flexibility index (Phi) is 8.68. The van der Waals surface area contributed by atoms with Gasteiger partial charge in [0.25, 0.3) is 0 Å². The number of likely N-dealkylation sites (tertiary alicyclic amines) is 1. The van der Waals surface area contributed by atoms with Crippen LogP contribution >= 0.6 is 15.9 Å². The molecule has 1 aliphatic heterocycles. The molecule has 0 aromatic heterocycles. The second kappa shape index (κ2) is 11.7. The van der Waals surface area contributed by atoms with Gasteiger partial charge in [-0.3, -0.25) is 0 Å². The molecule has 4 rings (SSSR count). The third-order valence-corrected chi connectivity index (χ3v) is 9.87. The van der Waals surface area contributed by atoms with Gasteiger partial charge in [-0.1, -0.05) is 48.0 Å². The van der Waals surface area contributed by atoms with Crippen LogP contribution < -0.4 is 10.1 Å². The molecule has 1 fully saturated rings. The van der Waals surface area contributed by atoms with E-state index in [2.05, 4.69) is 21.2 Å². The summed E-state index contributed by atoms with van der Waals surface area (Å²) >= 11 is 3.40. The van der Waals surface area contributed by atoms with E-state index in [9.17, 15) is 17.6 Å². The van der Waals surface area contributed by atoms with Gasteiger partial charge in [0.05, 0.1) is 10.6 Å². The van der Waals surface area contributed by atoms with Crippen LogP contribution in [0.1, 0.15) is 45.6 Å². The van der Waals surface area contributed by atoms with Gasteiger partial charge in [0.15, 0.2) is 5.75 Å². The Morgan fingerprint density at radius 2 is 1.77 bits per heavy atom. The van der Waals surface area contributed by atoms with Crippen molar-refractivity contribution < 1.29 is 22.3 Å². The maximum atomic E-state index is 14.6. The Hall–Kier alpha value is -2.95. The minimum absolute atomic E-state index is 0.0505. The lowest BCUT2D eigenvalue weighted by atomic mass is 9.82. The monoisotopic (exact) mass is 617 g/mol. The van der Waals surface area contributed by atoms with Crippen LogP contribution in [0.15, 0.2) is 76.1 Å². The minimum Gasteiger partial charge on any atom is -0.455 e. The molecule has 39 heavy (non-hydrogen) atoms. The SMILES string of the molecule is CCN(CC)S(=O)(=O)c1ccc(Oc2ccc(Br)cc2)c(NC(=O)N2CCC(c3ccccc3F)C2(C)C)c1. The highest BCUT2D eigenvalue weighted by Gasteiger charge is 2.45. The Morgan fingerprint density at radius 3 is 2.41 bits per heavy atom. The molecular weight excluding hydrogens is 585 g/mol. The van der Waals surface area contributed by atoms with Gasteiger partial charge >= 0.3 is 6.03 Å². The average Bonchev–Trinajstić information content (AvgIpc) is 3.21. The highest BCUT2D eigenvalue weighted by molar-refractivity contribution is 9.10. The summed E-state index contributed by atoms with van der Waals surface area (Å²) in [6.45, 7) is 8.42. The van der Waals surface area contributed by atoms with Gasteiger partial charge in [-0.05, 0) is 74.4 Å². The first-order chi connectivity index (χ1) is 18.5. The molecule has 0 aliphatic carbocycles. The third kappa shape index (κ3) is 5.97. The molecular formula is C29H33BrFN3O4S. The maximum Gasteiger partial charge on any atom is 0.322 e. The van der Waals surface area contributed by atoms with Crippen LogP contribution in [0, 0.1) is 5.82 Å². The molecule has 3 aromatic rings. The van der Waals surface area contributed by atoms with E-state index in [1.165, 1.54) is 22.5 Å². The summed E-state index contributed by atoms with van der Waals surface area (Å²) in [4.78, 5) is 15.4. The number of carbonyl (C=O) groups excluding carboxylic acids is 1. The van der Waals surface area contributed by atoms with Crippen LogP contribution in [-0.4, -0.2) is 48.8 Å². The van der Waals surface area contributed by atoms with E-state index in [0.717, 1.165) is 4.47 Å². The first-order valence-corrected chi connectivity index (χ1v) is 15.1. The lowest BCUT2D eigenvalue weighted by Gasteiger charge is -2.36. The molecule has 1 saturated heterocycles. The topological polar surface area (TPSA) is 79.0 Å². The summed E-state index contributed by atoms with van der Waals surface area (Å²) in [5.74, 6) is 0.329. The van der Waals surface area contributed by atoms with E-state index in [1.54, 1.807) is 55.1 Å². The quantitative estimate of drug-likeness (QED) is 0.290. The van der Waals surface area contributed by atoms with Crippen LogP contribution in [-0.2, 0) is 10.0 Å². The van der Waals surface area contributed by atoms with E-state index >= 15 is 0 Å². The predicted molar refractivity (Wildman–Crippen MR) is 154 cm³/mol. The molecule has 0 spiro atoms. The molecule has 0 bridgehead atoms. The smallest absolute Gasteiger partial charge is 0.322 e. The fourth-order valence-corrected chi connectivity index (χ4v) is 6.87. The normalized spacial score (nSPS) is 16.9. The zero-order valence-corrected chi connectivity index (χ0v) is 24.9. The minimum atomic E-state index is -3.78. The molecule has 0 saturated carbocycles. The largest absolute Gasteiger partial charge is 0.455 e. The summed E-state index contributed by atoms with van der Waals surface area (Å²) in [7, 11) is -3.78. The molecule has 1 atom stereocenters. The summed E-state index contributed by atoms with van der Waals surface area (Å²) < 4.78 is 49.4. The van der Waals surface area contributed by atoms with E-state index < -0.39 is 21.6 Å². The number of halogens is 2. The third-order valence-electron chi connectivity index (χ3n) is 7.29. The number of amides is 2. The van der Waals surface area contributed by atoms with Crippen LogP contribution in [0.4, 0.5) is 14.9 Å². The zero-order valence-electron chi connectivity index (χ0n) is 22.4. The number of sulfonamides is 1. The number of anilines is 1. The molecule has 0 radical (unpaired) electrons. The number of nitrogens with one attached hydrogen (secondary N) is 1. The van der Waals surface area contributed by atoms with Crippen LogP contribution in [0.2, 0.25) is 0 Å². The van der Waals surface area contributed by atoms with Crippen molar-refractivity contribution in [2.45, 2.75) is 50.5 Å². The number of urea groups is 1. The van der Waals surface area contributed by atoms with Crippen molar-refractivity contribution in [2.24, 2.45) is 0 Å². The lowest BCUT2D eigenvalue weighted by Crippen LogP contribution is -2.47. The van der Waals surface area contributed by atoms with Gasteiger partial charge < -0.3 is 15.0 Å². The molecule has 1 unspecified atom stereocenters. The molecule has 3 aromatic carbocycles. The number of carbonyl (C=O) groups is 1. The van der Waals surface area contributed by atoms with E-state index in [-0.39, 0.29) is 22.3 Å². The van der Waals surface area contributed by atoms with E-state index in [4.69, 9.17) is 4.74 Å². The summed E-state index contributed by atoms with van der Waals surface area (Å²) in [6.07, 6.45) is 0.597. The first-order valence-electron chi connectivity index (χ1n) is 12.9. The zero-order chi connectivity index (χ0) is 28.4. The van der Waals surface area contributed by atoms with Crippen molar-refractivity contribution in [2.75, 3.05) is 25.0 Å². The molecule has 2 amide bonds. The Bertz CT molecular complexity index is 1440. The number of ether oxygens (including phenoxy) is 1. The van der Waals surface area contributed by atoms with E-state index in [0.29, 0.717) is 43.1 Å². The fourth-order valence-electron chi connectivity index (χ4n) is 5.13.